The number of carbonyl (C=O) groups excluding carboxylic acids is 1. The van der Waals surface area contributed by atoms with E-state index >= 15 is 0 Å². The maximum Gasteiger partial charge on any atom is 0.317 e. The second-order valence-corrected chi connectivity index (χ2v) is 6.89. The molecule has 1 aromatic carbocycles. The fourth-order valence-corrected chi connectivity index (χ4v) is 3.45. The predicted molar refractivity (Wildman–Crippen MR) is 89.8 cm³/mol. The van der Waals surface area contributed by atoms with Crippen molar-refractivity contribution >= 4 is 27.5 Å². The molecular formula is C16H23N3OS. The number of fused-ring (bicyclic) bond motifs is 1. The number of carbonyl (C=O) groups is 1. The number of thiophene rings is 1. The lowest BCUT2D eigenvalue weighted by Gasteiger charge is -2.22. The Labute approximate surface area is 130 Å². The largest absolute Gasteiger partial charge is 0.334 e. The van der Waals surface area contributed by atoms with Crippen molar-refractivity contribution in [2.45, 2.75) is 19.5 Å². The number of rotatable bonds is 5. The zero-order chi connectivity index (χ0) is 15.4. The van der Waals surface area contributed by atoms with Crippen LogP contribution < -0.4 is 5.32 Å². The molecule has 0 aliphatic heterocycles. The molecule has 4 nitrogen and oxygen atoms in total. The number of urea groups is 1. The van der Waals surface area contributed by atoms with Crippen LogP contribution >= 0.6 is 11.3 Å². The lowest BCUT2D eigenvalue weighted by Crippen LogP contribution is -2.45. The van der Waals surface area contributed by atoms with Crippen LogP contribution in [0.1, 0.15) is 11.8 Å². The Morgan fingerprint density at radius 1 is 1.29 bits per heavy atom. The van der Waals surface area contributed by atoms with Crippen molar-refractivity contribution in [3.8, 4) is 0 Å². The van der Waals surface area contributed by atoms with E-state index in [-0.39, 0.29) is 12.1 Å². The summed E-state index contributed by atoms with van der Waals surface area (Å²) in [5.74, 6) is 0. The van der Waals surface area contributed by atoms with Crippen LogP contribution in [0.3, 0.4) is 0 Å². The van der Waals surface area contributed by atoms with Gasteiger partial charge in [0.2, 0.25) is 0 Å². The van der Waals surface area contributed by atoms with Gasteiger partial charge in [0.25, 0.3) is 0 Å². The Morgan fingerprint density at radius 3 is 2.67 bits per heavy atom. The summed E-state index contributed by atoms with van der Waals surface area (Å²) in [5.41, 5.74) is 0. The van der Waals surface area contributed by atoms with Gasteiger partial charge in [0.05, 0.1) is 6.54 Å². The highest BCUT2D eigenvalue weighted by Gasteiger charge is 2.13. The van der Waals surface area contributed by atoms with Crippen LogP contribution in [-0.2, 0) is 6.54 Å². The minimum Gasteiger partial charge on any atom is -0.334 e. The molecule has 0 aliphatic rings. The van der Waals surface area contributed by atoms with Gasteiger partial charge >= 0.3 is 6.03 Å². The second-order valence-electron chi connectivity index (χ2n) is 5.72. The molecule has 0 bridgehead atoms. The lowest BCUT2D eigenvalue weighted by molar-refractivity contribution is 0.201. The quantitative estimate of drug-likeness (QED) is 0.922. The highest BCUT2D eigenvalue weighted by atomic mass is 32.1. The van der Waals surface area contributed by atoms with Crippen LogP contribution in [0.4, 0.5) is 4.79 Å². The van der Waals surface area contributed by atoms with E-state index in [9.17, 15) is 4.79 Å². The molecule has 0 aliphatic carbocycles. The Bertz CT molecular complexity index is 575. The number of hydrogen-bond acceptors (Lipinski definition) is 3. The summed E-state index contributed by atoms with van der Waals surface area (Å²) in [4.78, 5) is 17.2. The third-order valence-corrected chi connectivity index (χ3v) is 4.33. The Kier molecular flexibility index (Phi) is 5.20. The molecule has 1 aromatic heterocycles. The van der Waals surface area contributed by atoms with Gasteiger partial charge in [0.1, 0.15) is 0 Å². The fourth-order valence-electron chi connectivity index (χ4n) is 2.33. The topological polar surface area (TPSA) is 35.6 Å². The predicted octanol–water partition coefficient (Wildman–Crippen LogP) is 2.99. The van der Waals surface area contributed by atoms with Crippen molar-refractivity contribution in [1.29, 1.82) is 0 Å². The molecule has 114 valence electrons. The molecule has 1 unspecified atom stereocenters. The number of nitrogens with zero attached hydrogens (tertiary/aromatic N) is 2. The van der Waals surface area contributed by atoms with Gasteiger partial charge < -0.3 is 15.1 Å². The van der Waals surface area contributed by atoms with Gasteiger partial charge in [-0.2, -0.15) is 0 Å². The maximum atomic E-state index is 12.2. The Balaban J connectivity index is 1.93. The van der Waals surface area contributed by atoms with Crippen LogP contribution in [0.5, 0.6) is 0 Å². The molecule has 1 atom stereocenters. The van der Waals surface area contributed by atoms with Gasteiger partial charge in [-0.3, -0.25) is 0 Å². The minimum atomic E-state index is -0.0261. The molecule has 0 saturated carbocycles. The molecule has 21 heavy (non-hydrogen) atoms. The number of likely N-dealkylation sites (N-methyl/N-ethyl adjacent to an activating group) is 1. The van der Waals surface area contributed by atoms with Crippen LogP contribution in [0, 0.1) is 0 Å². The Morgan fingerprint density at radius 2 is 2.00 bits per heavy atom. The van der Waals surface area contributed by atoms with Gasteiger partial charge in [0.15, 0.2) is 0 Å². The van der Waals surface area contributed by atoms with E-state index in [4.69, 9.17) is 0 Å². The van der Waals surface area contributed by atoms with E-state index in [2.05, 4.69) is 28.4 Å². The van der Waals surface area contributed by atoms with Crippen LogP contribution in [0.25, 0.3) is 10.1 Å². The smallest absolute Gasteiger partial charge is 0.317 e. The molecule has 0 radical (unpaired) electrons. The molecule has 2 amide bonds. The molecule has 1 heterocycles. The second kappa shape index (κ2) is 6.91. The highest BCUT2D eigenvalue weighted by molar-refractivity contribution is 7.19. The van der Waals surface area contributed by atoms with E-state index < -0.39 is 0 Å². The van der Waals surface area contributed by atoms with Crippen LogP contribution in [0.15, 0.2) is 30.3 Å². The molecule has 0 fully saturated rings. The van der Waals surface area contributed by atoms with Gasteiger partial charge in [-0.05, 0) is 38.5 Å². The summed E-state index contributed by atoms with van der Waals surface area (Å²) in [6, 6.07) is 10.6. The number of hydrogen-bond donors (Lipinski definition) is 1. The van der Waals surface area contributed by atoms with E-state index in [1.54, 1.807) is 16.2 Å². The van der Waals surface area contributed by atoms with Crippen molar-refractivity contribution in [1.82, 2.24) is 15.1 Å². The molecule has 5 heteroatoms. The summed E-state index contributed by atoms with van der Waals surface area (Å²) in [7, 11) is 5.84. The zero-order valence-corrected chi connectivity index (χ0v) is 13.9. The fraction of sp³-hybridized carbons (Fsp3) is 0.438. The van der Waals surface area contributed by atoms with Crippen LogP contribution in [0.2, 0.25) is 0 Å². The Hall–Kier alpha value is -1.59. The van der Waals surface area contributed by atoms with Crippen molar-refractivity contribution < 1.29 is 4.79 Å². The summed E-state index contributed by atoms with van der Waals surface area (Å²) in [6.07, 6.45) is 0. The third kappa shape index (κ3) is 4.44. The van der Waals surface area contributed by atoms with Crippen molar-refractivity contribution in [2.75, 3.05) is 27.7 Å². The van der Waals surface area contributed by atoms with Gasteiger partial charge in [-0.15, -0.1) is 11.3 Å². The van der Waals surface area contributed by atoms with E-state index in [1.165, 1.54) is 15.0 Å². The van der Waals surface area contributed by atoms with Crippen molar-refractivity contribution in [3.63, 3.8) is 0 Å². The molecular weight excluding hydrogens is 282 g/mol. The van der Waals surface area contributed by atoms with Gasteiger partial charge in [-0.1, -0.05) is 18.2 Å². The molecule has 0 saturated heterocycles. The first-order chi connectivity index (χ1) is 9.95. The maximum absolute atomic E-state index is 12.2. The summed E-state index contributed by atoms with van der Waals surface area (Å²) in [5, 5.41) is 4.26. The number of nitrogens with one attached hydrogen (secondary N) is 1. The minimum absolute atomic E-state index is 0.0261. The average molecular weight is 305 g/mol. The lowest BCUT2D eigenvalue weighted by atomic mass is 10.2. The SMILES string of the molecule is CC(CN(C)C)NC(=O)N(C)Cc1cc2ccccc2s1. The number of benzene rings is 1. The van der Waals surface area contributed by atoms with E-state index in [1.807, 2.05) is 40.2 Å². The third-order valence-electron chi connectivity index (χ3n) is 3.23. The van der Waals surface area contributed by atoms with E-state index in [0.29, 0.717) is 6.54 Å². The highest BCUT2D eigenvalue weighted by Crippen LogP contribution is 2.25. The average Bonchev–Trinajstić information content (AvgIpc) is 2.79. The molecule has 0 spiro atoms. The first-order valence-electron chi connectivity index (χ1n) is 7.09. The van der Waals surface area contributed by atoms with Gasteiger partial charge in [-0.25, -0.2) is 4.79 Å². The number of amides is 2. The van der Waals surface area contributed by atoms with E-state index in [0.717, 1.165) is 6.54 Å². The zero-order valence-electron chi connectivity index (χ0n) is 13.1. The summed E-state index contributed by atoms with van der Waals surface area (Å²) < 4.78 is 1.27. The summed E-state index contributed by atoms with van der Waals surface area (Å²) in [6.45, 7) is 3.49. The van der Waals surface area contributed by atoms with Gasteiger partial charge in [0, 0.05) is 29.2 Å². The summed E-state index contributed by atoms with van der Waals surface area (Å²) >= 11 is 1.74. The molecule has 2 aromatic rings. The van der Waals surface area contributed by atoms with Crippen molar-refractivity contribution in [3.05, 3.63) is 35.2 Å². The normalized spacial score (nSPS) is 12.6. The molecule has 2 rings (SSSR count). The first kappa shape index (κ1) is 15.8. The molecule has 1 N–H and O–H groups in total. The monoisotopic (exact) mass is 305 g/mol. The van der Waals surface area contributed by atoms with Crippen molar-refractivity contribution in [2.24, 2.45) is 0 Å². The first-order valence-corrected chi connectivity index (χ1v) is 7.91. The van der Waals surface area contributed by atoms with Crippen LogP contribution in [-0.4, -0.2) is 49.6 Å². The standard InChI is InChI=1S/C16H23N3OS/c1-12(10-18(2)3)17-16(20)19(4)11-14-9-13-7-5-6-8-15(13)21-14/h5-9,12H,10-11H2,1-4H3,(H,17,20).